The lowest BCUT2D eigenvalue weighted by Gasteiger charge is -2.11. The van der Waals surface area contributed by atoms with Gasteiger partial charge >= 0.3 is 0 Å². The SMILES string of the molecule is CC(C(=O)Nc1ncc(C2CC2)s1)c1cccc(Br)c1. The lowest BCUT2D eigenvalue weighted by Crippen LogP contribution is -2.18. The first-order valence-corrected chi connectivity index (χ1v) is 8.26. The Morgan fingerprint density at radius 2 is 2.30 bits per heavy atom. The van der Waals surface area contributed by atoms with Crippen molar-refractivity contribution in [3.63, 3.8) is 0 Å². The summed E-state index contributed by atoms with van der Waals surface area (Å²) >= 11 is 5.03. The zero-order valence-corrected chi connectivity index (χ0v) is 13.5. The molecule has 1 aromatic carbocycles. The van der Waals surface area contributed by atoms with Crippen LogP contribution in [0.4, 0.5) is 5.13 Å². The number of thiazole rings is 1. The van der Waals surface area contributed by atoms with Crippen LogP contribution in [0.25, 0.3) is 0 Å². The number of nitrogens with zero attached hydrogens (tertiary/aromatic N) is 1. The number of amides is 1. The van der Waals surface area contributed by atoms with Crippen molar-refractivity contribution >= 4 is 38.3 Å². The molecule has 5 heteroatoms. The van der Waals surface area contributed by atoms with Crippen molar-refractivity contribution in [3.05, 3.63) is 45.4 Å². The number of benzene rings is 1. The van der Waals surface area contributed by atoms with E-state index in [9.17, 15) is 4.79 Å². The van der Waals surface area contributed by atoms with Gasteiger partial charge in [-0.2, -0.15) is 0 Å². The molecule has 1 saturated carbocycles. The summed E-state index contributed by atoms with van der Waals surface area (Å²) in [5, 5.41) is 3.62. The fourth-order valence-electron chi connectivity index (χ4n) is 2.04. The van der Waals surface area contributed by atoms with Gasteiger partial charge in [0.05, 0.1) is 5.92 Å². The summed E-state index contributed by atoms with van der Waals surface area (Å²) in [6.45, 7) is 1.91. The maximum absolute atomic E-state index is 12.3. The third-order valence-electron chi connectivity index (χ3n) is 3.48. The van der Waals surface area contributed by atoms with Gasteiger partial charge in [-0.3, -0.25) is 4.79 Å². The minimum Gasteiger partial charge on any atom is -0.301 e. The zero-order chi connectivity index (χ0) is 14.1. The summed E-state index contributed by atoms with van der Waals surface area (Å²) in [6.07, 6.45) is 4.40. The molecule has 1 fully saturated rings. The number of aromatic nitrogens is 1. The van der Waals surface area contributed by atoms with E-state index in [1.807, 2.05) is 37.4 Å². The number of rotatable bonds is 4. The Balaban J connectivity index is 1.68. The molecule has 20 heavy (non-hydrogen) atoms. The fraction of sp³-hybridized carbons (Fsp3) is 0.333. The zero-order valence-electron chi connectivity index (χ0n) is 11.1. The summed E-state index contributed by atoms with van der Waals surface area (Å²) in [6, 6.07) is 7.84. The minimum absolute atomic E-state index is 0.0141. The molecule has 2 aromatic rings. The predicted molar refractivity (Wildman–Crippen MR) is 85.3 cm³/mol. The number of anilines is 1. The first kappa shape index (κ1) is 13.8. The average Bonchev–Trinajstić information content (AvgIpc) is 3.19. The minimum atomic E-state index is -0.194. The Morgan fingerprint density at radius 1 is 1.50 bits per heavy atom. The van der Waals surface area contributed by atoms with Crippen molar-refractivity contribution in [2.75, 3.05) is 5.32 Å². The number of carbonyl (C=O) groups is 1. The van der Waals surface area contributed by atoms with E-state index < -0.39 is 0 Å². The molecule has 1 aromatic heterocycles. The van der Waals surface area contributed by atoms with Gasteiger partial charge in [-0.1, -0.05) is 28.1 Å². The third-order valence-corrected chi connectivity index (χ3v) is 5.04. The third kappa shape index (κ3) is 3.10. The Kier molecular flexibility index (Phi) is 3.89. The van der Waals surface area contributed by atoms with Crippen molar-refractivity contribution in [2.24, 2.45) is 0 Å². The van der Waals surface area contributed by atoms with Crippen LogP contribution in [0, 0.1) is 0 Å². The van der Waals surface area contributed by atoms with E-state index >= 15 is 0 Å². The van der Waals surface area contributed by atoms with Crippen molar-refractivity contribution < 1.29 is 4.79 Å². The Labute approximate surface area is 130 Å². The van der Waals surface area contributed by atoms with Crippen LogP contribution in [0.2, 0.25) is 0 Å². The molecule has 1 amide bonds. The molecule has 0 saturated heterocycles. The van der Waals surface area contributed by atoms with Gasteiger partial charge in [0.1, 0.15) is 0 Å². The molecule has 0 radical (unpaired) electrons. The molecule has 0 aliphatic heterocycles. The second kappa shape index (κ2) is 5.66. The van der Waals surface area contributed by atoms with Crippen molar-refractivity contribution in [3.8, 4) is 0 Å². The molecule has 3 rings (SSSR count). The molecule has 3 nitrogen and oxygen atoms in total. The van der Waals surface area contributed by atoms with Gasteiger partial charge < -0.3 is 5.32 Å². The number of carbonyl (C=O) groups excluding carboxylic acids is 1. The average molecular weight is 351 g/mol. The molecule has 1 aliphatic carbocycles. The lowest BCUT2D eigenvalue weighted by molar-refractivity contribution is -0.117. The molecule has 1 unspecified atom stereocenters. The summed E-state index contributed by atoms with van der Waals surface area (Å²) in [5.74, 6) is 0.473. The summed E-state index contributed by atoms with van der Waals surface area (Å²) in [5.41, 5.74) is 0.996. The van der Waals surface area contributed by atoms with Crippen molar-refractivity contribution in [1.82, 2.24) is 4.98 Å². The molecular weight excluding hydrogens is 336 g/mol. The summed E-state index contributed by atoms with van der Waals surface area (Å²) in [4.78, 5) is 17.8. The van der Waals surface area contributed by atoms with Crippen LogP contribution in [0.15, 0.2) is 34.9 Å². The summed E-state index contributed by atoms with van der Waals surface area (Å²) < 4.78 is 0.986. The molecule has 0 spiro atoms. The van der Waals surface area contributed by atoms with Crippen LogP contribution < -0.4 is 5.32 Å². The van der Waals surface area contributed by atoms with E-state index in [2.05, 4.69) is 26.2 Å². The highest BCUT2D eigenvalue weighted by Gasteiger charge is 2.26. The Bertz CT molecular complexity index is 636. The monoisotopic (exact) mass is 350 g/mol. The van der Waals surface area contributed by atoms with Crippen LogP contribution in [0.1, 0.15) is 42.0 Å². The molecule has 1 aliphatic rings. The Morgan fingerprint density at radius 3 is 3.00 bits per heavy atom. The standard InChI is InChI=1S/C15H15BrN2OS/c1-9(11-3-2-4-12(16)7-11)14(19)18-15-17-8-13(20-15)10-5-6-10/h2-4,7-10H,5-6H2,1H3,(H,17,18,19). The quantitative estimate of drug-likeness (QED) is 0.880. The van der Waals surface area contributed by atoms with E-state index in [4.69, 9.17) is 0 Å². The van der Waals surface area contributed by atoms with Crippen LogP contribution in [0.5, 0.6) is 0 Å². The van der Waals surface area contributed by atoms with Crippen molar-refractivity contribution in [2.45, 2.75) is 31.6 Å². The maximum atomic E-state index is 12.3. The highest BCUT2D eigenvalue weighted by molar-refractivity contribution is 9.10. The van der Waals surface area contributed by atoms with E-state index in [1.165, 1.54) is 17.7 Å². The predicted octanol–water partition coefficient (Wildman–Crippen LogP) is 4.53. The van der Waals surface area contributed by atoms with E-state index in [0.29, 0.717) is 11.0 Å². The largest absolute Gasteiger partial charge is 0.301 e. The van der Waals surface area contributed by atoms with Gasteiger partial charge in [0.25, 0.3) is 0 Å². The topological polar surface area (TPSA) is 42.0 Å². The number of hydrogen-bond acceptors (Lipinski definition) is 3. The molecule has 1 atom stereocenters. The van der Waals surface area contributed by atoms with Gasteiger partial charge in [0.2, 0.25) is 5.91 Å². The molecule has 104 valence electrons. The van der Waals surface area contributed by atoms with Crippen LogP contribution in [0.3, 0.4) is 0 Å². The molecule has 1 heterocycles. The van der Waals surface area contributed by atoms with Gasteiger partial charge in [-0.05, 0) is 43.4 Å². The van der Waals surface area contributed by atoms with E-state index in [-0.39, 0.29) is 11.8 Å². The van der Waals surface area contributed by atoms with E-state index in [0.717, 1.165) is 10.0 Å². The van der Waals surface area contributed by atoms with Gasteiger partial charge in [-0.25, -0.2) is 4.98 Å². The highest BCUT2D eigenvalue weighted by atomic mass is 79.9. The first-order valence-electron chi connectivity index (χ1n) is 6.65. The first-order chi connectivity index (χ1) is 9.63. The number of hydrogen-bond donors (Lipinski definition) is 1. The van der Waals surface area contributed by atoms with Gasteiger partial charge in [0.15, 0.2) is 5.13 Å². The van der Waals surface area contributed by atoms with Gasteiger partial charge in [-0.15, -0.1) is 11.3 Å². The molecular formula is C15H15BrN2OS. The second-order valence-electron chi connectivity index (χ2n) is 5.11. The number of halogens is 1. The molecule has 0 bridgehead atoms. The highest BCUT2D eigenvalue weighted by Crippen LogP contribution is 2.43. The van der Waals surface area contributed by atoms with Gasteiger partial charge in [0, 0.05) is 15.5 Å². The van der Waals surface area contributed by atoms with Crippen molar-refractivity contribution in [1.29, 1.82) is 0 Å². The second-order valence-corrected chi connectivity index (χ2v) is 7.09. The lowest BCUT2D eigenvalue weighted by atomic mass is 10.0. The van der Waals surface area contributed by atoms with Crippen LogP contribution in [-0.4, -0.2) is 10.9 Å². The normalized spacial score (nSPS) is 15.9. The molecule has 1 N–H and O–H groups in total. The fourth-order valence-corrected chi connectivity index (χ4v) is 3.45. The summed E-state index contributed by atoms with van der Waals surface area (Å²) in [7, 11) is 0. The van der Waals surface area contributed by atoms with E-state index in [1.54, 1.807) is 11.3 Å². The Hall–Kier alpha value is -1.20. The van der Waals surface area contributed by atoms with Crippen LogP contribution in [-0.2, 0) is 4.79 Å². The maximum Gasteiger partial charge on any atom is 0.233 e. The smallest absolute Gasteiger partial charge is 0.233 e. The van der Waals surface area contributed by atoms with Crippen LogP contribution >= 0.6 is 27.3 Å². The number of nitrogens with one attached hydrogen (secondary N) is 1.